The van der Waals surface area contributed by atoms with E-state index in [2.05, 4.69) is 9.71 Å². The van der Waals surface area contributed by atoms with Crippen LogP contribution in [0.25, 0.3) is 0 Å². The molecule has 0 saturated heterocycles. The van der Waals surface area contributed by atoms with E-state index in [0.717, 1.165) is 5.56 Å². The molecule has 0 radical (unpaired) electrons. The number of benzene rings is 1. The van der Waals surface area contributed by atoms with Gasteiger partial charge < -0.3 is 4.74 Å². The van der Waals surface area contributed by atoms with Gasteiger partial charge in [0.2, 0.25) is 0 Å². The molecule has 1 heterocycles. The molecule has 1 N–H and O–H groups in total. The Bertz CT molecular complexity index is 715. The summed E-state index contributed by atoms with van der Waals surface area (Å²) in [5.41, 5.74) is 1.06. The molecule has 0 saturated carbocycles. The Hall–Kier alpha value is -1.79. The van der Waals surface area contributed by atoms with Gasteiger partial charge in [0.1, 0.15) is 5.75 Å². The molecule has 0 amide bonds. The standard InChI is InChI=1S/C13H13ClN2O3S/c1-9-7-12(13(14)15-8-9)16-20(17,18)11-5-3-10(19-2)4-6-11/h3-8,16H,1-2H3. The highest BCUT2D eigenvalue weighted by Crippen LogP contribution is 2.24. The maximum Gasteiger partial charge on any atom is 0.261 e. The number of pyridine rings is 1. The minimum Gasteiger partial charge on any atom is -0.497 e. The number of hydrogen-bond donors (Lipinski definition) is 1. The smallest absolute Gasteiger partial charge is 0.261 e. The van der Waals surface area contributed by atoms with Crippen LogP contribution in [0.4, 0.5) is 5.69 Å². The monoisotopic (exact) mass is 312 g/mol. The van der Waals surface area contributed by atoms with Crippen LogP contribution >= 0.6 is 11.6 Å². The summed E-state index contributed by atoms with van der Waals surface area (Å²) in [6.07, 6.45) is 1.56. The SMILES string of the molecule is COc1ccc(S(=O)(=O)Nc2cc(C)cnc2Cl)cc1. The van der Waals surface area contributed by atoms with E-state index in [1.165, 1.54) is 19.2 Å². The van der Waals surface area contributed by atoms with Crippen molar-refractivity contribution in [2.24, 2.45) is 0 Å². The lowest BCUT2D eigenvalue weighted by Gasteiger charge is -2.10. The van der Waals surface area contributed by atoms with Gasteiger partial charge in [0, 0.05) is 6.20 Å². The fourth-order valence-electron chi connectivity index (χ4n) is 1.58. The second kappa shape index (κ2) is 5.68. The molecule has 1 aromatic carbocycles. The van der Waals surface area contributed by atoms with Crippen LogP contribution in [0.15, 0.2) is 41.4 Å². The number of methoxy groups -OCH3 is 1. The lowest BCUT2D eigenvalue weighted by Crippen LogP contribution is -2.13. The number of nitrogens with one attached hydrogen (secondary N) is 1. The molecule has 1 aromatic heterocycles. The number of sulfonamides is 1. The highest BCUT2D eigenvalue weighted by molar-refractivity contribution is 7.92. The summed E-state index contributed by atoms with van der Waals surface area (Å²) in [6, 6.07) is 7.68. The van der Waals surface area contributed by atoms with Gasteiger partial charge in [-0.05, 0) is 42.8 Å². The highest BCUT2D eigenvalue weighted by atomic mass is 35.5. The van der Waals surface area contributed by atoms with Gasteiger partial charge in [-0.3, -0.25) is 4.72 Å². The van der Waals surface area contributed by atoms with Crippen LogP contribution in [-0.2, 0) is 10.0 Å². The van der Waals surface area contributed by atoms with Crippen LogP contribution in [0.1, 0.15) is 5.56 Å². The molecular weight excluding hydrogens is 300 g/mol. The first kappa shape index (κ1) is 14.6. The summed E-state index contributed by atoms with van der Waals surface area (Å²) in [5, 5.41) is 0.104. The predicted molar refractivity (Wildman–Crippen MR) is 77.8 cm³/mol. The Kier molecular flexibility index (Phi) is 4.15. The fraction of sp³-hybridized carbons (Fsp3) is 0.154. The van der Waals surface area contributed by atoms with Crippen LogP contribution in [0, 0.1) is 6.92 Å². The number of hydrogen-bond acceptors (Lipinski definition) is 4. The second-order valence-corrected chi connectivity index (χ2v) is 6.17. The molecule has 0 unspecified atom stereocenters. The zero-order chi connectivity index (χ0) is 14.8. The molecule has 0 atom stereocenters. The quantitative estimate of drug-likeness (QED) is 0.881. The summed E-state index contributed by atoms with van der Waals surface area (Å²) in [5.74, 6) is 0.583. The minimum atomic E-state index is -3.71. The average Bonchev–Trinajstić information content (AvgIpc) is 2.43. The van der Waals surface area contributed by atoms with Crippen LogP contribution in [0.2, 0.25) is 5.15 Å². The van der Waals surface area contributed by atoms with Gasteiger partial charge in [-0.15, -0.1) is 0 Å². The molecule has 20 heavy (non-hydrogen) atoms. The Morgan fingerprint density at radius 3 is 2.50 bits per heavy atom. The van der Waals surface area contributed by atoms with Gasteiger partial charge in [-0.25, -0.2) is 13.4 Å². The van der Waals surface area contributed by atoms with Crippen LogP contribution in [-0.4, -0.2) is 20.5 Å². The van der Waals surface area contributed by atoms with E-state index in [1.54, 1.807) is 31.3 Å². The van der Waals surface area contributed by atoms with E-state index in [1.807, 2.05) is 0 Å². The van der Waals surface area contributed by atoms with Crippen molar-refractivity contribution in [3.8, 4) is 5.75 Å². The first-order chi connectivity index (χ1) is 9.42. The number of rotatable bonds is 4. The number of aromatic nitrogens is 1. The van der Waals surface area contributed by atoms with Gasteiger partial charge >= 0.3 is 0 Å². The van der Waals surface area contributed by atoms with E-state index >= 15 is 0 Å². The van der Waals surface area contributed by atoms with E-state index < -0.39 is 10.0 Å². The van der Waals surface area contributed by atoms with E-state index in [0.29, 0.717) is 5.75 Å². The minimum absolute atomic E-state index is 0.104. The van der Waals surface area contributed by atoms with Crippen molar-refractivity contribution in [2.75, 3.05) is 11.8 Å². The molecule has 106 valence electrons. The molecule has 5 nitrogen and oxygen atoms in total. The summed E-state index contributed by atoms with van der Waals surface area (Å²) < 4.78 is 31.9. The van der Waals surface area contributed by atoms with Crippen molar-refractivity contribution in [1.29, 1.82) is 0 Å². The van der Waals surface area contributed by atoms with Crippen molar-refractivity contribution in [1.82, 2.24) is 4.98 Å². The van der Waals surface area contributed by atoms with Crippen molar-refractivity contribution in [3.63, 3.8) is 0 Å². The van der Waals surface area contributed by atoms with Crippen molar-refractivity contribution >= 4 is 27.3 Å². The zero-order valence-corrected chi connectivity index (χ0v) is 12.5. The third kappa shape index (κ3) is 3.20. The molecule has 0 fully saturated rings. The number of ether oxygens (including phenoxy) is 1. The number of halogens is 1. The van der Waals surface area contributed by atoms with E-state index in [9.17, 15) is 8.42 Å². The third-order valence-electron chi connectivity index (χ3n) is 2.59. The molecule has 0 aliphatic heterocycles. The van der Waals surface area contributed by atoms with Gasteiger partial charge in [0.15, 0.2) is 5.15 Å². The molecule has 0 aliphatic rings. The van der Waals surface area contributed by atoms with Gasteiger partial charge in [0.25, 0.3) is 10.0 Å². The van der Waals surface area contributed by atoms with E-state index in [-0.39, 0.29) is 15.7 Å². The van der Waals surface area contributed by atoms with Crippen LogP contribution in [0.5, 0.6) is 5.75 Å². The van der Waals surface area contributed by atoms with Crippen LogP contribution in [0.3, 0.4) is 0 Å². The summed E-state index contributed by atoms with van der Waals surface area (Å²) in [4.78, 5) is 4.02. The molecule has 2 aromatic rings. The van der Waals surface area contributed by atoms with Gasteiger partial charge in [-0.1, -0.05) is 11.6 Å². The first-order valence-corrected chi connectivity index (χ1v) is 7.57. The Morgan fingerprint density at radius 2 is 1.90 bits per heavy atom. The first-order valence-electron chi connectivity index (χ1n) is 5.71. The zero-order valence-electron chi connectivity index (χ0n) is 10.9. The summed E-state index contributed by atoms with van der Waals surface area (Å²) in [6.45, 7) is 1.80. The maximum absolute atomic E-state index is 12.2. The lowest BCUT2D eigenvalue weighted by molar-refractivity contribution is 0.414. The van der Waals surface area contributed by atoms with Crippen molar-refractivity contribution in [3.05, 3.63) is 47.2 Å². The fourth-order valence-corrected chi connectivity index (χ4v) is 2.85. The largest absolute Gasteiger partial charge is 0.497 e. The highest BCUT2D eigenvalue weighted by Gasteiger charge is 2.16. The Labute approximate surface area is 122 Å². The molecule has 2 rings (SSSR count). The van der Waals surface area contributed by atoms with Gasteiger partial charge in [-0.2, -0.15) is 0 Å². The van der Waals surface area contributed by atoms with Gasteiger partial charge in [0.05, 0.1) is 17.7 Å². The summed E-state index contributed by atoms with van der Waals surface area (Å²) in [7, 11) is -2.19. The number of anilines is 1. The average molecular weight is 313 g/mol. The molecule has 0 spiro atoms. The maximum atomic E-state index is 12.2. The Balaban J connectivity index is 2.32. The Morgan fingerprint density at radius 1 is 1.25 bits per heavy atom. The third-order valence-corrected chi connectivity index (χ3v) is 4.27. The number of nitrogens with zero attached hydrogens (tertiary/aromatic N) is 1. The lowest BCUT2D eigenvalue weighted by atomic mass is 10.3. The molecule has 0 bridgehead atoms. The molecular formula is C13H13ClN2O3S. The number of aryl methyl sites for hydroxylation is 1. The van der Waals surface area contributed by atoms with Crippen molar-refractivity contribution in [2.45, 2.75) is 11.8 Å². The van der Waals surface area contributed by atoms with Crippen molar-refractivity contribution < 1.29 is 13.2 Å². The van der Waals surface area contributed by atoms with Crippen LogP contribution < -0.4 is 9.46 Å². The van der Waals surface area contributed by atoms with E-state index in [4.69, 9.17) is 16.3 Å². The topological polar surface area (TPSA) is 68.3 Å². The molecule has 7 heteroatoms. The molecule has 0 aliphatic carbocycles. The normalized spacial score (nSPS) is 11.2. The summed E-state index contributed by atoms with van der Waals surface area (Å²) >= 11 is 5.88. The predicted octanol–water partition coefficient (Wildman–Crippen LogP) is 2.85. The second-order valence-electron chi connectivity index (χ2n) is 4.13.